The molecule has 0 radical (unpaired) electrons. The lowest BCUT2D eigenvalue weighted by molar-refractivity contribution is -0.121. The van der Waals surface area contributed by atoms with Crippen LogP contribution in [0.5, 0.6) is 0 Å². The number of halogens is 1. The summed E-state index contributed by atoms with van der Waals surface area (Å²) in [5.74, 6) is 0.387. The molecule has 2 unspecified atom stereocenters. The zero-order valence-electron chi connectivity index (χ0n) is 12.7. The molecule has 0 fully saturated rings. The van der Waals surface area contributed by atoms with Crippen LogP contribution in [0.4, 0.5) is 0 Å². The van der Waals surface area contributed by atoms with E-state index in [2.05, 4.69) is 15.9 Å². The van der Waals surface area contributed by atoms with Gasteiger partial charge in [0.1, 0.15) is 18.0 Å². The molecule has 0 bridgehead atoms. The van der Waals surface area contributed by atoms with Crippen LogP contribution in [0, 0.1) is 0 Å². The second-order valence-electron chi connectivity index (χ2n) is 4.68. The van der Waals surface area contributed by atoms with E-state index >= 15 is 0 Å². The van der Waals surface area contributed by atoms with Crippen molar-refractivity contribution in [2.24, 2.45) is 0 Å². The fourth-order valence-corrected chi connectivity index (χ4v) is 2.90. The van der Waals surface area contributed by atoms with Gasteiger partial charge in [-0.1, -0.05) is 0 Å². The molecule has 0 amide bonds. The number of hydrogen-bond donors (Lipinski definition) is 0. The molecule has 0 aromatic heterocycles. The van der Waals surface area contributed by atoms with E-state index in [1.165, 1.54) is 7.11 Å². The molecule has 2 atom stereocenters. The molecule has 0 aliphatic heterocycles. The van der Waals surface area contributed by atoms with E-state index in [9.17, 15) is 4.79 Å². The standard InChI is InChI=1S/C14H21BrO5/c1-9-12(10(16)8-17-3)13(2,19-5)7-11(18-4)14(9,15)20-6/h7H,8H2,1-6H3. The van der Waals surface area contributed by atoms with Crippen LogP contribution < -0.4 is 0 Å². The molecule has 0 N–H and O–H groups in total. The lowest BCUT2D eigenvalue weighted by atomic mass is 9.81. The Morgan fingerprint density at radius 2 is 1.85 bits per heavy atom. The maximum Gasteiger partial charge on any atom is 0.201 e. The highest BCUT2D eigenvalue weighted by Crippen LogP contribution is 2.46. The third kappa shape index (κ3) is 2.70. The topological polar surface area (TPSA) is 54.0 Å². The van der Waals surface area contributed by atoms with Crippen LogP contribution in [-0.2, 0) is 23.7 Å². The molecule has 1 rings (SSSR count). The minimum Gasteiger partial charge on any atom is -0.497 e. The molecule has 0 spiro atoms. The van der Waals surface area contributed by atoms with E-state index in [0.717, 1.165) is 0 Å². The summed E-state index contributed by atoms with van der Waals surface area (Å²) >= 11 is 3.51. The van der Waals surface area contributed by atoms with Crippen molar-refractivity contribution >= 4 is 21.7 Å². The molecule has 0 saturated carbocycles. The number of ketones is 1. The number of hydrogen-bond acceptors (Lipinski definition) is 5. The van der Waals surface area contributed by atoms with E-state index in [-0.39, 0.29) is 12.4 Å². The van der Waals surface area contributed by atoms with E-state index in [4.69, 9.17) is 18.9 Å². The average molecular weight is 349 g/mol. The van der Waals surface area contributed by atoms with Crippen molar-refractivity contribution in [3.63, 3.8) is 0 Å². The van der Waals surface area contributed by atoms with Gasteiger partial charge in [-0.15, -0.1) is 0 Å². The molecule has 0 heterocycles. The number of methoxy groups -OCH3 is 4. The summed E-state index contributed by atoms with van der Waals surface area (Å²) in [6.07, 6.45) is 1.74. The van der Waals surface area contributed by atoms with Gasteiger partial charge in [-0.2, -0.15) is 0 Å². The van der Waals surface area contributed by atoms with Crippen LogP contribution >= 0.6 is 15.9 Å². The first kappa shape index (κ1) is 17.4. The normalized spacial score (nSPS) is 30.2. The van der Waals surface area contributed by atoms with Crippen molar-refractivity contribution in [2.75, 3.05) is 35.0 Å². The Morgan fingerprint density at radius 3 is 2.25 bits per heavy atom. The molecule has 0 aromatic carbocycles. The summed E-state index contributed by atoms with van der Waals surface area (Å²) in [4.78, 5) is 12.4. The molecule has 0 saturated heterocycles. The van der Waals surface area contributed by atoms with Crippen LogP contribution in [0.2, 0.25) is 0 Å². The maximum atomic E-state index is 12.4. The zero-order valence-corrected chi connectivity index (χ0v) is 14.3. The smallest absolute Gasteiger partial charge is 0.201 e. The summed E-state index contributed by atoms with van der Waals surface area (Å²) in [6.45, 7) is 3.60. The van der Waals surface area contributed by atoms with Crippen molar-refractivity contribution < 1.29 is 23.7 Å². The van der Waals surface area contributed by atoms with E-state index in [1.54, 1.807) is 34.3 Å². The van der Waals surface area contributed by atoms with Gasteiger partial charge in [-0.3, -0.25) is 4.79 Å². The quantitative estimate of drug-likeness (QED) is 0.688. The molecule has 20 heavy (non-hydrogen) atoms. The second-order valence-corrected chi connectivity index (χ2v) is 5.80. The van der Waals surface area contributed by atoms with Gasteiger partial charge < -0.3 is 18.9 Å². The Balaban J connectivity index is 3.49. The second kappa shape index (κ2) is 6.39. The maximum absolute atomic E-state index is 12.4. The predicted molar refractivity (Wildman–Crippen MR) is 78.8 cm³/mol. The number of alkyl halides is 1. The van der Waals surface area contributed by atoms with Crippen molar-refractivity contribution in [1.82, 2.24) is 0 Å². The monoisotopic (exact) mass is 348 g/mol. The van der Waals surface area contributed by atoms with Crippen molar-refractivity contribution in [3.05, 3.63) is 23.0 Å². The van der Waals surface area contributed by atoms with Gasteiger partial charge in [0.2, 0.25) is 4.51 Å². The molecule has 5 nitrogen and oxygen atoms in total. The molecule has 0 aromatic rings. The molecule has 6 heteroatoms. The number of Topliss-reactive ketones (excluding diaryl/α,β-unsaturated/α-hetero) is 1. The highest BCUT2D eigenvalue weighted by atomic mass is 79.9. The molecule has 1 aliphatic carbocycles. The molecule has 1 aliphatic rings. The first-order valence-electron chi connectivity index (χ1n) is 6.11. The minimum atomic E-state index is -0.974. The number of ether oxygens (including phenoxy) is 4. The van der Waals surface area contributed by atoms with Gasteiger partial charge in [0.05, 0.1) is 7.11 Å². The van der Waals surface area contributed by atoms with Gasteiger partial charge in [-0.05, 0) is 41.4 Å². The Morgan fingerprint density at radius 1 is 1.25 bits per heavy atom. The first-order valence-corrected chi connectivity index (χ1v) is 6.90. The highest BCUT2D eigenvalue weighted by Gasteiger charge is 2.48. The van der Waals surface area contributed by atoms with Crippen LogP contribution in [0.25, 0.3) is 0 Å². The van der Waals surface area contributed by atoms with Crippen LogP contribution in [0.3, 0.4) is 0 Å². The average Bonchev–Trinajstić information content (AvgIpc) is 2.43. The van der Waals surface area contributed by atoms with Gasteiger partial charge in [-0.25, -0.2) is 0 Å². The molecule has 114 valence electrons. The van der Waals surface area contributed by atoms with Crippen LogP contribution in [-0.4, -0.2) is 50.9 Å². The Kier molecular flexibility index (Phi) is 5.54. The molecular weight excluding hydrogens is 328 g/mol. The van der Waals surface area contributed by atoms with Crippen molar-refractivity contribution in [2.45, 2.75) is 24.0 Å². The number of rotatable bonds is 6. The van der Waals surface area contributed by atoms with Gasteiger partial charge in [0.15, 0.2) is 5.78 Å². The largest absolute Gasteiger partial charge is 0.497 e. The third-order valence-corrected chi connectivity index (χ3v) is 4.87. The fraction of sp³-hybridized carbons (Fsp3) is 0.643. The lowest BCUT2D eigenvalue weighted by Crippen LogP contribution is -2.44. The Bertz CT molecular complexity index is 456. The van der Waals surface area contributed by atoms with E-state index < -0.39 is 10.1 Å². The summed E-state index contributed by atoms with van der Waals surface area (Å²) in [5, 5.41) is 0. The zero-order chi connectivity index (χ0) is 15.6. The number of carbonyl (C=O) groups is 1. The van der Waals surface area contributed by atoms with Crippen molar-refractivity contribution in [1.29, 1.82) is 0 Å². The highest BCUT2D eigenvalue weighted by molar-refractivity contribution is 9.10. The Hall–Kier alpha value is -0.690. The van der Waals surface area contributed by atoms with Gasteiger partial charge in [0, 0.05) is 26.9 Å². The van der Waals surface area contributed by atoms with E-state index in [0.29, 0.717) is 16.9 Å². The van der Waals surface area contributed by atoms with Gasteiger partial charge >= 0.3 is 0 Å². The SMILES string of the molecule is COCC(=O)C1=C(C)C(Br)(OC)C(OC)=CC1(C)OC. The van der Waals surface area contributed by atoms with E-state index in [1.807, 2.05) is 6.92 Å². The summed E-state index contributed by atoms with van der Waals surface area (Å²) < 4.78 is 20.4. The minimum absolute atomic E-state index is 0.0193. The molecular formula is C14H21BrO5. The lowest BCUT2D eigenvalue weighted by Gasteiger charge is -2.40. The third-order valence-electron chi connectivity index (χ3n) is 3.56. The summed E-state index contributed by atoms with van der Waals surface area (Å²) in [5.41, 5.74) is 0.299. The van der Waals surface area contributed by atoms with Crippen LogP contribution in [0.1, 0.15) is 13.8 Å². The van der Waals surface area contributed by atoms with Crippen LogP contribution in [0.15, 0.2) is 23.0 Å². The van der Waals surface area contributed by atoms with Crippen molar-refractivity contribution in [3.8, 4) is 0 Å². The number of carbonyl (C=O) groups excluding carboxylic acids is 1. The Labute approximate surface area is 128 Å². The first-order chi connectivity index (χ1) is 9.30. The van der Waals surface area contributed by atoms with Gasteiger partial charge in [0.25, 0.3) is 0 Å². The summed E-state index contributed by atoms with van der Waals surface area (Å²) in [7, 11) is 6.12. The summed E-state index contributed by atoms with van der Waals surface area (Å²) in [6, 6.07) is 0. The fourth-order valence-electron chi connectivity index (χ4n) is 2.43. The predicted octanol–water partition coefficient (Wildman–Crippen LogP) is 2.21.